The number of hydrogen-bond donors (Lipinski definition) is 1. The lowest BCUT2D eigenvalue weighted by molar-refractivity contribution is 0.615. The van der Waals surface area contributed by atoms with Gasteiger partial charge in [-0.05, 0) is 36.2 Å². The molecule has 1 N–H and O–H groups in total. The predicted octanol–water partition coefficient (Wildman–Crippen LogP) is 5.18. The highest BCUT2D eigenvalue weighted by molar-refractivity contribution is 6.31. The first-order chi connectivity index (χ1) is 9.11. The van der Waals surface area contributed by atoms with E-state index in [0.717, 1.165) is 5.56 Å². The molecule has 0 aliphatic carbocycles. The van der Waals surface area contributed by atoms with Crippen molar-refractivity contribution in [3.8, 4) is 0 Å². The van der Waals surface area contributed by atoms with Gasteiger partial charge in [0.05, 0.1) is 16.8 Å². The van der Waals surface area contributed by atoms with E-state index in [1.807, 2.05) is 13.0 Å². The molecule has 0 bridgehead atoms. The van der Waals surface area contributed by atoms with Crippen molar-refractivity contribution < 1.29 is 8.78 Å². The van der Waals surface area contributed by atoms with Gasteiger partial charge in [-0.3, -0.25) is 0 Å². The normalized spacial score (nSPS) is 12.2. The van der Waals surface area contributed by atoms with Gasteiger partial charge in [0.25, 0.3) is 0 Å². The summed E-state index contributed by atoms with van der Waals surface area (Å²) >= 11 is 5.74. The van der Waals surface area contributed by atoms with Crippen LogP contribution in [0.25, 0.3) is 0 Å². The summed E-state index contributed by atoms with van der Waals surface area (Å²) in [5.41, 5.74) is 1.10. The van der Waals surface area contributed by atoms with Crippen molar-refractivity contribution in [2.24, 2.45) is 0 Å². The van der Waals surface area contributed by atoms with Gasteiger partial charge >= 0.3 is 0 Å². The molecule has 0 saturated carbocycles. The largest absolute Gasteiger partial charge is 0.376 e. The van der Waals surface area contributed by atoms with Gasteiger partial charge in [0.2, 0.25) is 0 Å². The van der Waals surface area contributed by atoms with Gasteiger partial charge in [-0.1, -0.05) is 36.7 Å². The molecule has 0 aliphatic rings. The minimum atomic E-state index is -0.487. The fourth-order valence-corrected chi connectivity index (χ4v) is 2.12. The summed E-state index contributed by atoms with van der Waals surface area (Å²) in [5, 5.41) is 3.12. The summed E-state index contributed by atoms with van der Waals surface area (Å²) in [4.78, 5) is 0. The molecule has 1 nitrogen and oxygen atoms in total. The van der Waals surface area contributed by atoms with Crippen molar-refractivity contribution in [3.05, 3.63) is 64.7 Å². The number of halogens is 3. The molecule has 19 heavy (non-hydrogen) atoms. The van der Waals surface area contributed by atoms with Crippen molar-refractivity contribution in [3.63, 3.8) is 0 Å². The molecule has 1 unspecified atom stereocenters. The standard InChI is InChI=1S/C15H14ClF2N/c1-2-13(10-5-3-6-11(17)9-10)19-14-8-4-7-12(16)15(14)18/h3-9,13,19H,2H2,1H3. The molecule has 2 aromatic carbocycles. The van der Waals surface area contributed by atoms with Gasteiger partial charge in [-0.15, -0.1) is 0 Å². The summed E-state index contributed by atoms with van der Waals surface area (Å²) < 4.78 is 27.0. The zero-order valence-corrected chi connectivity index (χ0v) is 11.2. The van der Waals surface area contributed by atoms with Crippen molar-refractivity contribution >= 4 is 17.3 Å². The highest BCUT2D eigenvalue weighted by Gasteiger charge is 2.13. The van der Waals surface area contributed by atoms with Crippen LogP contribution in [0.4, 0.5) is 14.5 Å². The quantitative estimate of drug-likeness (QED) is 0.814. The van der Waals surface area contributed by atoms with E-state index in [2.05, 4.69) is 5.32 Å². The average molecular weight is 282 g/mol. The second kappa shape index (κ2) is 6.02. The number of benzene rings is 2. The molecule has 2 aromatic rings. The molecule has 0 aliphatic heterocycles. The second-order valence-corrected chi connectivity index (χ2v) is 4.67. The molecule has 0 aromatic heterocycles. The molecule has 0 radical (unpaired) electrons. The molecule has 2 rings (SSSR count). The van der Waals surface area contributed by atoms with E-state index < -0.39 is 5.82 Å². The molecule has 0 heterocycles. The van der Waals surface area contributed by atoms with Gasteiger partial charge in [-0.25, -0.2) is 8.78 Å². The van der Waals surface area contributed by atoms with E-state index in [9.17, 15) is 8.78 Å². The van der Waals surface area contributed by atoms with Crippen LogP contribution in [0.5, 0.6) is 0 Å². The summed E-state index contributed by atoms with van der Waals surface area (Å²) in [7, 11) is 0. The molecular formula is C15H14ClF2N. The van der Waals surface area contributed by atoms with Crippen molar-refractivity contribution in [1.29, 1.82) is 0 Å². The maximum atomic E-state index is 13.8. The van der Waals surface area contributed by atoms with E-state index in [1.165, 1.54) is 18.2 Å². The molecular weight excluding hydrogens is 268 g/mol. The molecule has 0 fully saturated rings. The lowest BCUT2D eigenvalue weighted by atomic mass is 10.0. The Hall–Kier alpha value is -1.61. The Morgan fingerprint density at radius 3 is 2.58 bits per heavy atom. The van der Waals surface area contributed by atoms with Crippen LogP contribution in [-0.2, 0) is 0 Å². The monoisotopic (exact) mass is 281 g/mol. The molecule has 100 valence electrons. The van der Waals surface area contributed by atoms with Crippen molar-refractivity contribution in [2.45, 2.75) is 19.4 Å². The summed E-state index contributed by atoms with van der Waals surface area (Å²) in [5.74, 6) is -0.789. The summed E-state index contributed by atoms with van der Waals surface area (Å²) in [6, 6.07) is 10.9. The third-order valence-electron chi connectivity index (χ3n) is 2.94. The predicted molar refractivity (Wildman–Crippen MR) is 74.5 cm³/mol. The van der Waals surface area contributed by atoms with Crippen LogP contribution in [0.3, 0.4) is 0 Å². The highest BCUT2D eigenvalue weighted by Crippen LogP contribution is 2.27. The van der Waals surface area contributed by atoms with Crippen LogP contribution in [0, 0.1) is 11.6 Å². The lowest BCUT2D eigenvalue weighted by Crippen LogP contribution is -2.11. The van der Waals surface area contributed by atoms with Gasteiger partial charge in [0.15, 0.2) is 5.82 Å². The Morgan fingerprint density at radius 2 is 1.89 bits per heavy atom. The molecule has 0 spiro atoms. The third kappa shape index (κ3) is 3.24. The zero-order chi connectivity index (χ0) is 13.8. The van der Waals surface area contributed by atoms with E-state index >= 15 is 0 Å². The summed E-state index contributed by atoms with van der Waals surface area (Å²) in [6.07, 6.45) is 0.704. The van der Waals surface area contributed by atoms with Crippen molar-refractivity contribution in [1.82, 2.24) is 0 Å². The van der Waals surface area contributed by atoms with Gasteiger partial charge in [0.1, 0.15) is 5.82 Å². The van der Waals surface area contributed by atoms with Crippen molar-refractivity contribution in [2.75, 3.05) is 5.32 Å². The second-order valence-electron chi connectivity index (χ2n) is 4.26. The van der Waals surface area contributed by atoms with E-state index in [0.29, 0.717) is 12.1 Å². The van der Waals surface area contributed by atoms with E-state index in [4.69, 9.17) is 11.6 Å². The highest BCUT2D eigenvalue weighted by atomic mass is 35.5. The maximum absolute atomic E-state index is 13.8. The molecule has 0 amide bonds. The molecule has 0 saturated heterocycles. The summed E-state index contributed by atoms with van der Waals surface area (Å²) in [6.45, 7) is 1.95. The maximum Gasteiger partial charge on any atom is 0.164 e. The van der Waals surface area contributed by atoms with E-state index in [1.54, 1.807) is 18.2 Å². The molecule has 1 atom stereocenters. The SMILES string of the molecule is CCC(Nc1cccc(Cl)c1F)c1cccc(F)c1. The number of rotatable bonds is 4. The first-order valence-electron chi connectivity index (χ1n) is 6.08. The topological polar surface area (TPSA) is 12.0 Å². The fourth-order valence-electron chi connectivity index (χ4n) is 1.95. The minimum Gasteiger partial charge on any atom is -0.376 e. The average Bonchev–Trinajstić information content (AvgIpc) is 2.40. The van der Waals surface area contributed by atoms with Gasteiger partial charge in [0, 0.05) is 0 Å². The van der Waals surface area contributed by atoms with E-state index in [-0.39, 0.29) is 16.9 Å². The van der Waals surface area contributed by atoms with Crippen LogP contribution in [0.15, 0.2) is 42.5 Å². The Balaban J connectivity index is 2.26. The number of hydrogen-bond acceptors (Lipinski definition) is 1. The lowest BCUT2D eigenvalue weighted by Gasteiger charge is -2.19. The Kier molecular flexibility index (Phi) is 4.38. The van der Waals surface area contributed by atoms with Crippen LogP contribution < -0.4 is 5.32 Å². The zero-order valence-electron chi connectivity index (χ0n) is 10.5. The smallest absolute Gasteiger partial charge is 0.164 e. The van der Waals surface area contributed by atoms with Gasteiger partial charge < -0.3 is 5.32 Å². The van der Waals surface area contributed by atoms with Crippen LogP contribution >= 0.6 is 11.6 Å². The fraction of sp³-hybridized carbons (Fsp3) is 0.200. The number of anilines is 1. The Labute approximate surface area is 116 Å². The first-order valence-corrected chi connectivity index (χ1v) is 6.45. The molecule has 4 heteroatoms. The van der Waals surface area contributed by atoms with Crippen LogP contribution in [0.1, 0.15) is 24.9 Å². The number of nitrogens with one attached hydrogen (secondary N) is 1. The Bertz CT molecular complexity index is 572. The van der Waals surface area contributed by atoms with Crippen LogP contribution in [0.2, 0.25) is 5.02 Å². The minimum absolute atomic E-state index is 0.0686. The van der Waals surface area contributed by atoms with Crippen LogP contribution in [-0.4, -0.2) is 0 Å². The third-order valence-corrected chi connectivity index (χ3v) is 3.23. The first kappa shape index (κ1) is 13.8. The van der Waals surface area contributed by atoms with Gasteiger partial charge in [-0.2, -0.15) is 0 Å². The Morgan fingerprint density at radius 1 is 1.16 bits per heavy atom.